The number of aryl methyl sites for hydroxylation is 1. The van der Waals surface area contributed by atoms with Gasteiger partial charge in [-0.3, -0.25) is 9.59 Å². The van der Waals surface area contributed by atoms with Crippen molar-refractivity contribution >= 4 is 11.8 Å². The quantitative estimate of drug-likeness (QED) is 0.767. The van der Waals surface area contributed by atoms with Gasteiger partial charge >= 0.3 is 0 Å². The molecular weight excluding hydrogens is 314 g/mol. The maximum Gasteiger partial charge on any atom is 0.226 e. The van der Waals surface area contributed by atoms with Gasteiger partial charge in [0.1, 0.15) is 0 Å². The summed E-state index contributed by atoms with van der Waals surface area (Å²) in [5, 5.41) is 3.03. The average Bonchev–Trinajstić information content (AvgIpc) is 2.60. The molecule has 0 spiro atoms. The van der Waals surface area contributed by atoms with E-state index in [-0.39, 0.29) is 17.7 Å². The third-order valence-electron chi connectivity index (χ3n) is 4.78. The minimum Gasteiger partial charge on any atom is -0.356 e. The highest BCUT2D eigenvalue weighted by Gasteiger charge is 2.27. The lowest BCUT2D eigenvalue weighted by Crippen LogP contribution is -2.43. The Balaban J connectivity index is 1.70. The van der Waals surface area contributed by atoms with Crippen molar-refractivity contribution in [3.05, 3.63) is 35.4 Å². The number of benzene rings is 1. The number of nitrogens with one attached hydrogen (secondary N) is 1. The van der Waals surface area contributed by atoms with Crippen LogP contribution in [-0.2, 0) is 16.0 Å². The van der Waals surface area contributed by atoms with E-state index in [4.69, 9.17) is 0 Å². The molecule has 0 unspecified atom stereocenters. The van der Waals surface area contributed by atoms with Gasteiger partial charge in [0.05, 0.1) is 6.42 Å². The summed E-state index contributed by atoms with van der Waals surface area (Å²) >= 11 is 0. The normalized spacial score (nSPS) is 15.4. The zero-order valence-corrected chi connectivity index (χ0v) is 15.8. The minimum absolute atomic E-state index is 0.0442. The molecule has 1 aromatic rings. The Bertz CT molecular complexity index is 561. The van der Waals surface area contributed by atoms with Gasteiger partial charge in [0, 0.05) is 25.6 Å². The number of nitrogens with zero attached hydrogens (tertiary/aromatic N) is 2. The molecule has 0 radical (unpaired) electrons. The van der Waals surface area contributed by atoms with Crippen LogP contribution in [0.3, 0.4) is 0 Å². The molecule has 1 aliphatic heterocycles. The summed E-state index contributed by atoms with van der Waals surface area (Å²) in [6.07, 6.45) is 2.94. The molecule has 1 fully saturated rings. The van der Waals surface area contributed by atoms with Crippen molar-refractivity contribution < 1.29 is 9.59 Å². The maximum absolute atomic E-state index is 12.4. The second-order valence-electron chi connectivity index (χ2n) is 7.27. The van der Waals surface area contributed by atoms with Crippen molar-refractivity contribution in [1.82, 2.24) is 15.1 Å². The minimum atomic E-state index is 0.0442. The van der Waals surface area contributed by atoms with Crippen LogP contribution in [0.2, 0.25) is 0 Å². The fourth-order valence-electron chi connectivity index (χ4n) is 3.13. The summed E-state index contributed by atoms with van der Waals surface area (Å²) in [6.45, 7) is 5.11. The Kier molecular flexibility index (Phi) is 7.44. The fraction of sp³-hybridized carbons (Fsp3) is 0.600. The van der Waals surface area contributed by atoms with Gasteiger partial charge in [0.25, 0.3) is 0 Å². The number of amides is 2. The van der Waals surface area contributed by atoms with Gasteiger partial charge in [0.2, 0.25) is 11.8 Å². The highest BCUT2D eigenvalue weighted by molar-refractivity contribution is 5.81. The van der Waals surface area contributed by atoms with Gasteiger partial charge in [-0.05, 0) is 52.4 Å². The molecule has 0 aliphatic carbocycles. The third kappa shape index (κ3) is 6.50. The lowest BCUT2D eigenvalue weighted by molar-refractivity contribution is -0.135. The molecule has 5 heteroatoms. The van der Waals surface area contributed by atoms with Crippen LogP contribution in [0.5, 0.6) is 0 Å². The molecule has 0 aromatic heterocycles. The average molecular weight is 345 g/mol. The van der Waals surface area contributed by atoms with Crippen LogP contribution in [0.1, 0.15) is 30.4 Å². The summed E-state index contributed by atoms with van der Waals surface area (Å²) in [6, 6.07) is 8.10. The standard InChI is InChI=1S/C20H31N3O2/c1-16-5-7-17(8-6-16)15-19(24)23-13-9-18(10-14-23)20(25)21-11-4-12-22(2)3/h5-8,18H,4,9-15H2,1-3H3,(H,21,25). The molecule has 138 valence electrons. The predicted molar refractivity (Wildman–Crippen MR) is 100 cm³/mol. The van der Waals surface area contributed by atoms with Crippen molar-refractivity contribution in [1.29, 1.82) is 0 Å². The van der Waals surface area contributed by atoms with E-state index in [1.54, 1.807) is 0 Å². The Morgan fingerprint density at radius 1 is 1.16 bits per heavy atom. The molecule has 5 nitrogen and oxygen atoms in total. The molecule has 2 amide bonds. The molecule has 2 rings (SSSR count). The van der Waals surface area contributed by atoms with Crippen molar-refractivity contribution in [2.24, 2.45) is 5.92 Å². The van der Waals surface area contributed by atoms with Crippen molar-refractivity contribution in [3.63, 3.8) is 0 Å². The van der Waals surface area contributed by atoms with E-state index < -0.39 is 0 Å². The maximum atomic E-state index is 12.4. The number of hydrogen-bond acceptors (Lipinski definition) is 3. The number of carbonyl (C=O) groups is 2. The smallest absolute Gasteiger partial charge is 0.226 e. The van der Waals surface area contributed by atoms with E-state index in [0.717, 1.165) is 37.9 Å². The van der Waals surface area contributed by atoms with Crippen molar-refractivity contribution in [2.75, 3.05) is 40.3 Å². The van der Waals surface area contributed by atoms with E-state index in [1.807, 2.05) is 50.2 Å². The summed E-state index contributed by atoms with van der Waals surface area (Å²) in [4.78, 5) is 28.7. The summed E-state index contributed by atoms with van der Waals surface area (Å²) in [5.74, 6) is 0.348. The van der Waals surface area contributed by atoms with Gasteiger partial charge in [-0.2, -0.15) is 0 Å². The molecule has 1 aliphatic rings. The largest absolute Gasteiger partial charge is 0.356 e. The van der Waals surface area contributed by atoms with Gasteiger partial charge in [-0.1, -0.05) is 29.8 Å². The van der Waals surface area contributed by atoms with E-state index >= 15 is 0 Å². The number of likely N-dealkylation sites (tertiary alicyclic amines) is 1. The first-order chi connectivity index (χ1) is 12.0. The molecule has 0 atom stereocenters. The molecule has 25 heavy (non-hydrogen) atoms. The predicted octanol–water partition coefficient (Wildman–Crippen LogP) is 1.84. The number of carbonyl (C=O) groups excluding carboxylic acids is 2. The van der Waals surface area contributed by atoms with Crippen LogP contribution >= 0.6 is 0 Å². The SMILES string of the molecule is Cc1ccc(CC(=O)N2CCC(C(=O)NCCCN(C)C)CC2)cc1. The highest BCUT2D eigenvalue weighted by Crippen LogP contribution is 2.18. The lowest BCUT2D eigenvalue weighted by atomic mass is 9.95. The zero-order valence-electron chi connectivity index (χ0n) is 15.8. The third-order valence-corrected chi connectivity index (χ3v) is 4.78. The summed E-state index contributed by atoms with van der Waals surface area (Å²) in [7, 11) is 4.07. The van der Waals surface area contributed by atoms with E-state index in [2.05, 4.69) is 10.2 Å². The Morgan fingerprint density at radius 2 is 1.80 bits per heavy atom. The molecule has 0 bridgehead atoms. The summed E-state index contributed by atoms with van der Waals surface area (Å²) < 4.78 is 0. The monoisotopic (exact) mass is 345 g/mol. The van der Waals surface area contributed by atoms with E-state index in [9.17, 15) is 9.59 Å². The molecule has 1 aromatic carbocycles. The topological polar surface area (TPSA) is 52.7 Å². The van der Waals surface area contributed by atoms with Crippen molar-refractivity contribution in [3.8, 4) is 0 Å². The van der Waals surface area contributed by atoms with Gasteiger partial charge < -0.3 is 15.1 Å². The van der Waals surface area contributed by atoms with Crippen molar-refractivity contribution in [2.45, 2.75) is 32.6 Å². The molecule has 1 heterocycles. The molecule has 0 saturated carbocycles. The summed E-state index contributed by atoms with van der Waals surface area (Å²) in [5.41, 5.74) is 2.25. The van der Waals surface area contributed by atoms with Crippen LogP contribution in [-0.4, -0.2) is 61.9 Å². The van der Waals surface area contributed by atoms with Crippen LogP contribution in [0.15, 0.2) is 24.3 Å². The molecule has 1 N–H and O–H groups in total. The van der Waals surface area contributed by atoms with Crippen LogP contribution < -0.4 is 5.32 Å². The number of piperidine rings is 1. The lowest BCUT2D eigenvalue weighted by Gasteiger charge is -2.31. The fourth-order valence-corrected chi connectivity index (χ4v) is 3.13. The van der Waals surface area contributed by atoms with Gasteiger partial charge in [0.15, 0.2) is 0 Å². The first kappa shape index (κ1) is 19.4. The first-order valence-corrected chi connectivity index (χ1v) is 9.21. The first-order valence-electron chi connectivity index (χ1n) is 9.21. The Morgan fingerprint density at radius 3 is 2.40 bits per heavy atom. The van der Waals surface area contributed by atoms with E-state index in [1.165, 1.54) is 5.56 Å². The number of hydrogen-bond donors (Lipinski definition) is 1. The molecular formula is C20H31N3O2. The number of rotatable bonds is 7. The Hall–Kier alpha value is -1.88. The van der Waals surface area contributed by atoms with Crippen LogP contribution in [0.4, 0.5) is 0 Å². The second-order valence-corrected chi connectivity index (χ2v) is 7.27. The van der Waals surface area contributed by atoms with Gasteiger partial charge in [-0.25, -0.2) is 0 Å². The second kappa shape index (κ2) is 9.56. The van der Waals surface area contributed by atoms with Crippen LogP contribution in [0, 0.1) is 12.8 Å². The zero-order chi connectivity index (χ0) is 18.2. The highest BCUT2D eigenvalue weighted by atomic mass is 16.2. The molecule has 1 saturated heterocycles. The van der Waals surface area contributed by atoms with E-state index in [0.29, 0.717) is 19.5 Å². The van der Waals surface area contributed by atoms with Gasteiger partial charge in [-0.15, -0.1) is 0 Å². The van der Waals surface area contributed by atoms with Crippen LogP contribution in [0.25, 0.3) is 0 Å². The Labute approximate surface area is 151 Å².